The number of carbonyl (C=O) groups is 1. The fourth-order valence-electron chi connectivity index (χ4n) is 1.14. The van der Waals surface area contributed by atoms with Crippen molar-refractivity contribution in [2.45, 2.75) is 0 Å². The quantitative estimate of drug-likeness (QED) is 0.737. The first-order valence-electron chi connectivity index (χ1n) is 3.64. The number of halogens is 1. The normalized spacial score (nSPS) is 10.2. The Hall–Kier alpha value is -1.55. The standard InChI is InChI=1S/C8H6ClN3O/c9-6-1-2-7-8(3-6)12(4-10-7)11-5-13/h1-5H,(H,11,13). The van der Waals surface area contributed by atoms with E-state index >= 15 is 0 Å². The highest BCUT2D eigenvalue weighted by Gasteiger charge is 2.01. The third-order valence-electron chi connectivity index (χ3n) is 1.70. The van der Waals surface area contributed by atoms with Gasteiger partial charge in [-0.3, -0.25) is 10.2 Å². The molecule has 13 heavy (non-hydrogen) atoms. The van der Waals surface area contributed by atoms with Gasteiger partial charge in [-0.2, -0.15) is 0 Å². The van der Waals surface area contributed by atoms with Crippen molar-refractivity contribution in [2.75, 3.05) is 5.43 Å². The van der Waals surface area contributed by atoms with E-state index in [2.05, 4.69) is 10.4 Å². The summed E-state index contributed by atoms with van der Waals surface area (Å²) in [5.41, 5.74) is 4.04. The molecular formula is C8H6ClN3O. The summed E-state index contributed by atoms with van der Waals surface area (Å²) in [7, 11) is 0. The van der Waals surface area contributed by atoms with Crippen LogP contribution in [0.15, 0.2) is 24.5 Å². The number of hydrogen-bond donors (Lipinski definition) is 1. The van der Waals surface area contributed by atoms with E-state index in [9.17, 15) is 4.79 Å². The maximum Gasteiger partial charge on any atom is 0.226 e. The number of nitrogens with one attached hydrogen (secondary N) is 1. The molecule has 1 amide bonds. The number of hydrogen-bond acceptors (Lipinski definition) is 2. The van der Waals surface area contributed by atoms with Gasteiger partial charge in [0, 0.05) is 5.02 Å². The zero-order valence-corrected chi connectivity index (χ0v) is 7.32. The first-order chi connectivity index (χ1) is 6.31. The van der Waals surface area contributed by atoms with Crippen LogP contribution in [0.5, 0.6) is 0 Å². The molecule has 1 aromatic heterocycles. The van der Waals surface area contributed by atoms with Crippen LogP contribution in [0.3, 0.4) is 0 Å². The second-order valence-corrected chi connectivity index (χ2v) is 2.93. The summed E-state index contributed by atoms with van der Waals surface area (Å²) >= 11 is 5.79. The molecule has 0 aliphatic carbocycles. The number of benzene rings is 1. The number of rotatable bonds is 2. The maximum atomic E-state index is 10.2. The van der Waals surface area contributed by atoms with Crippen molar-refractivity contribution in [2.24, 2.45) is 0 Å². The lowest BCUT2D eigenvalue weighted by Gasteiger charge is -1.99. The third kappa shape index (κ3) is 1.36. The minimum atomic E-state index is 0.585. The van der Waals surface area contributed by atoms with Crippen molar-refractivity contribution in [1.82, 2.24) is 9.66 Å². The molecule has 0 fully saturated rings. The van der Waals surface area contributed by atoms with Crippen molar-refractivity contribution < 1.29 is 4.79 Å². The van der Waals surface area contributed by atoms with Gasteiger partial charge >= 0.3 is 0 Å². The number of imidazole rings is 1. The van der Waals surface area contributed by atoms with E-state index in [0.29, 0.717) is 11.4 Å². The van der Waals surface area contributed by atoms with Crippen LogP contribution in [-0.2, 0) is 4.79 Å². The van der Waals surface area contributed by atoms with Crippen LogP contribution in [0.1, 0.15) is 0 Å². The number of amides is 1. The summed E-state index contributed by atoms with van der Waals surface area (Å²) in [4.78, 5) is 14.3. The Morgan fingerprint density at radius 2 is 2.38 bits per heavy atom. The van der Waals surface area contributed by atoms with Crippen molar-refractivity contribution in [3.63, 3.8) is 0 Å². The van der Waals surface area contributed by atoms with Crippen molar-refractivity contribution in [3.8, 4) is 0 Å². The maximum absolute atomic E-state index is 10.2. The van der Waals surface area contributed by atoms with Gasteiger partial charge in [0.05, 0.1) is 11.0 Å². The first kappa shape index (κ1) is 8.07. The minimum Gasteiger partial charge on any atom is -0.277 e. The van der Waals surface area contributed by atoms with Crippen LogP contribution in [0, 0.1) is 0 Å². The van der Waals surface area contributed by atoms with Gasteiger partial charge in [0.15, 0.2) is 0 Å². The van der Waals surface area contributed by atoms with Crippen molar-refractivity contribution >= 4 is 29.0 Å². The molecule has 0 radical (unpaired) electrons. The highest BCUT2D eigenvalue weighted by Crippen LogP contribution is 2.16. The van der Waals surface area contributed by atoms with Gasteiger partial charge in [-0.1, -0.05) is 11.6 Å². The molecule has 0 atom stereocenters. The lowest BCUT2D eigenvalue weighted by atomic mass is 10.3. The predicted octanol–water partition coefficient (Wildman–Crippen LogP) is 1.39. The average Bonchev–Trinajstić information content (AvgIpc) is 2.49. The summed E-state index contributed by atoms with van der Waals surface area (Å²) in [5, 5.41) is 0.613. The SMILES string of the molecule is O=CNn1cnc2ccc(Cl)cc21. The molecule has 1 heterocycles. The second-order valence-electron chi connectivity index (χ2n) is 2.49. The Balaban J connectivity index is 2.64. The Bertz CT molecular complexity index is 452. The molecule has 1 aromatic carbocycles. The van der Waals surface area contributed by atoms with Crippen LogP contribution >= 0.6 is 11.6 Å². The van der Waals surface area contributed by atoms with E-state index in [-0.39, 0.29) is 0 Å². The molecule has 66 valence electrons. The highest BCUT2D eigenvalue weighted by molar-refractivity contribution is 6.31. The van der Waals surface area contributed by atoms with E-state index in [1.54, 1.807) is 18.2 Å². The predicted molar refractivity (Wildman–Crippen MR) is 50.2 cm³/mol. The van der Waals surface area contributed by atoms with Crippen molar-refractivity contribution in [1.29, 1.82) is 0 Å². The monoisotopic (exact) mass is 195 g/mol. The topological polar surface area (TPSA) is 46.9 Å². The molecule has 0 saturated heterocycles. The molecular weight excluding hydrogens is 190 g/mol. The molecule has 0 unspecified atom stereocenters. The van der Waals surface area contributed by atoms with E-state index in [1.165, 1.54) is 11.0 Å². The van der Waals surface area contributed by atoms with Gasteiger partial charge in [0.2, 0.25) is 6.41 Å². The van der Waals surface area contributed by atoms with Gasteiger partial charge in [-0.25, -0.2) is 9.66 Å². The van der Waals surface area contributed by atoms with Gasteiger partial charge in [0.1, 0.15) is 6.33 Å². The number of carbonyl (C=O) groups excluding carboxylic acids is 1. The molecule has 4 nitrogen and oxygen atoms in total. The number of nitrogens with zero attached hydrogens (tertiary/aromatic N) is 2. The average molecular weight is 196 g/mol. The summed E-state index contributed by atoms with van der Waals surface area (Å²) < 4.78 is 1.51. The highest BCUT2D eigenvalue weighted by atomic mass is 35.5. The van der Waals surface area contributed by atoms with Gasteiger partial charge in [-0.15, -0.1) is 0 Å². The molecule has 2 aromatic rings. The van der Waals surface area contributed by atoms with Crippen LogP contribution in [-0.4, -0.2) is 16.1 Å². The first-order valence-corrected chi connectivity index (χ1v) is 4.02. The van der Waals surface area contributed by atoms with Crippen LogP contribution in [0.25, 0.3) is 11.0 Å². The smallest absolute Gasteiger partial charge is 0.226 e. The van der Waals surface area contributed by atoms with Gasteiger partial charge < -0.3 is 0 Å². The Morgan fingerprint density at radius 1 is 1.54 bits per heavy atom. The molecule has 5 heteroatoms. The largest absolute Gasteiger partial charge is 0.277 e. The molecule has 0 bridgehead atoms. The van der Waals surface area contributed by atoms with Gasteiger partial charge in [-0.05, 0) is 18.2 Å². The lowest BCUT2D eigenvalue weighted by Crippen LogP contribution is -2.10. The zero-order chi connectivity index (χ0) is 9.26. The van der Waals surface area contributed by atoms with E-state index in [1.807, 2.05) is 0 Å². The molecule has 0 saturated carbocycles. The Morgan fingerprint density at radius 3 is 3.15 bits per heavy atom. The van der Waals surface area contributed by atoms with Crippen LogP contribution in [0.2, 0.25) is 5.02 Å². The zero-order valence-electron chi connectivity index (χ0n) is 6.57. The summed E-state index contributed by atoms with van der Waals surface area (Å²) in [5.74, 6) is 0. The Labute approximate surface area is 79.1 Å². The fourth-order valence-corrected chi connectivity index (χ4v) is 1.31. The minimum absolute atomic E-state index is 0.585. The van der Waals surface area contributed by atoms with Crippen LogP contribution in [0.4, 0.5) is 0 Å². The molecule has 0 aliphatic rings. The summed E-state index contributed by atoms with van der Waals surface area (Å²) in [6.45, 7) is 0. The van der Waals surface area contributed by atoms with Gasteiger partial charge in [0.25, 0.3) is 0 Å². The fraction of sp³-hybridized carbons (Fsp3) is 0. The second kappa shape index (κ2) is 3.06. The Kier molecular flexibility index (Phi) is 1.90. The molecule has 1 N–H and O–H groups in total. The number of aromatic nitrogens is 2. The van der Waals surface area contributed by atoms with E-state index in [0.717, 1.165) is 11.0 Å². The third-order valence-corrected chi connectivity index (χ3v) is 1.94. The van der Waals surface area contributed by atoms with Crippen LogP contribution < -0.4 is 5.43 Å². The molecule has 0 aliphatic heterocycles. The summed E-state index contributed by atoms with van der Waals surface area (Å²) in [6, 6.07) is 5.28. The lowest BCUT2D eigenvalue weighted by molar-refractivity contribution is -0.106. The summed E-state index contributed by atoms with van der Waals surface area (Å²) in [6.07, 6.45) is 2.11. The van der Waals surface area contributed by atoms with Crippen molar-refractivity contribution in [3.05, 3.63) is 29.5 Å². The molecule has 2 rings (SSSR count). The van der Waals surface area contributed by atoms with E-state index < -0.39 is 0 Å². The van der Waals surface area contributed by atoms with E-state index in [4.69, 9.17) is 11.6 Å². The molecule has 0 spiro atoms. The number of fused-ring (bicyclic) bond motifs is 1.